The van der Waals surface area contributed by atoms with Crippen LogP contribution in [0.5, 0.6) is 46.0 Å². The van der Waals surface area contributed by atoms with Crippen LogP contribution in [-0.4, -0.2) is 184 Å². The predicted octanol–water partition coefficient (Wildman–Crippen LogP) is 10.9. The molecule has 6 aliphatic heterocycles. The molecule has 0 spiro atoms. The first-order chi connectivity index (χ1) is 59.0. The highest BCUT2D eigenvalue weighted by atomic mass is 35.5. The molecule has 34 heteroatoms. The molecule has 6 heterocycles. The summed E-state index contributed by atoms with van der Waals surface area (Å²) in [5, 5.41) is 111. The van der Waals surface area contributed by atoms with Crippen LogP contribution in [0.4, 0.5) is 9.59 Å². The zero-order valence-electron chi connectivity index (χ0n) is 71.5. The normalized spacial score (nSPS) is 26.9. The number of imide groups is 1. The number of amides is 8. The Morgan fingerprint density at radius 1 is 0.632 bits per heavy atom. The number of nitrogens with one attached hydrogen (secondary N) is 6. The van der Waals surface area contributed by atoms with Gasteiger partial charge in [0.15, 0.2) is 28.8 Å². The highest BCUT2D eigenvalue weighted by Gasteiger charge is 2.52. The number of esters is 1. The molecule has 15 bridgehead atoms. The number of aliphatic hydroxyl groups is 5. The first-order valence-electron chi connectivity index (χ1n) is 42.8. The Bertz CT molecular complexity index is 4900. The van der Waals surface area contributed by atoms with E-state index in [-0.39, 0.29) is 104 Å². The van der Waals surface area contributed by atoms with Gasteiger partial charge in [-0.2, -0.15) is 0 Å². The lowest BCUT2D eigenvalue weighted by molar-refractivity contribution is -0.273. The lowest BCUT2D eigenvalue weighted by atomic mass is 9.51. The fourth-order valence-electron chi connectivity index (χ4n) is 18.4. The number of fused-ring (bicyclic) bond motifs is 15. The summed E-state index contributed by atoms with van der Waals surface area (Å²) >= 11 is 14.5. The molecule has 0 radical (unpaired) electrons. The molecule has 15 rings (SSSR count). The van der Waals surface area contributed by atoms with Gasteiger partial charge in [0.2, 0.25) is 41.6 Å². The number of urea groups is 1. The van der Waals surface area contributed by atoms with Crippen LogP contribution in [0.15, 0.2) is 78.9 Å². The summed E-state index contributed by atoms with van der Waals surface area (Å²) in [5.74, 6) is -17.2. The van der Waals surface area contributed by atoms with Gasteiger partial charge in [-0.05, 0) is 211 Å². The molecule has 14 N–H and O–H groups in total. The van der Waals surface area contributed by atoms with Gasteiger partial charge < -0.3 is 95.9 Å². The molecular weight excluding hydrogens is 1660 g/mol. The number of Topliss-reactive ketones (excluding diaryl/α,β-unsaturated/α-hetero) is 3. The largest absolute Gasteiger partial charge is 0.508 e. The summed E-state index contributed by atoms with van der Waals surface area (Å²) in [6, 6.07) is 4.15. The topological polar surface area (TPSA) is 480 Å². The standard InChI is InChI=1S/C91H113Cl2N7O25/c1-11-12-13-14-15-24-94-88(118)95-70(107)37-51-34-62(104)75(98-85(116)59(25-42(2)3)100(10)89(119)125-91(7,8)9)77(109)46-17-20-65(57(92)32-46)120-68-35-50-36-69(82(68)123-87-81(113)80(112)79(111)67(122-87)22-23-71(108)124-90(4,5)6)121-66-21-18-47(33-58(66)93)78(110)76-86(117)97-74(64(106)40-53-48-27-43-26-44(29-48)30-49(53)28-43)56-38-52(101)39-61(103)72(56)55-31-45(16-19-60(55)102)54(84(115)99-76)41-63(105)73(50)96-83(51)114/h16-21,31-33,35-36,38-39,42-44,48-49,51,53-54,59,67,73-81,87,101-103,109-113H,11-15,22-30,34,37,40-41H2,1-10H3,(H,96,114)(H,97,117)(H,98,116)(H,99,115)(H2,94,95,107,118)/t43?,44?,48?,49?,51-,53?,54+,59+,67+,73+,74-,75-,76-,77+,78+,79+,80-,81+,87-/m0/s1. The van der Waals surface area contributed by atoms with Crippen LogP contribution in [0.1, 0.15) is 229 Å². The fourth-order valence-corrected chi connectivity index (χ4v) is 18.9. The second kappa shape index (κ2) is 39.4. The van der Waals surface area contributed by atoms with Crippen molar-refractivity contribution >= 4 is 88.2 Å². The van der Waals surface area contributed by atoms with Gasteiger partial charge in [0.25, 0.3) is 0 Å². The lowest BCUT2D eigenvalue weighted by Gasteiger charge is -2.54. The third-order valence-corrected chi connectivity index (χ3v) is 25.0. The molecule has 5 aromatic carbocycles. The van der Waals surface area contributed by atoms with E-state index in [0.29, 0.717) is 18.3 Å². The van der Waals surface area contributed by atoms with Crippen molar-refractivity contribution in [2.45, 2.75) is 262 Å². The summed E-state index contributed by atoms with van der Waals surface area (Å²) in [7, 11) is 1.29. The Balaban J connectivity index is 1.05. The maximum absolute atomic E-state index is 16.7. The number of carbonyl (C=O) groups is 11. The third kappa shape index (κ3) is 22.4. The number of ether oxygens (including phenoxy) is 6. The summed E-state index contributed by atoms with van der Waals surface area (Å²) in [5.41, 5.74) is -3.83. The van der Waals surface area contributed by atoms with Crippen molar-refractivity contribution in [3.05, 3.63) is 117 Å². The number of hydrogen-bond donors (Lipinski definition) is 14. The number of phenols is 3. The minimum absolute atomic E-state index is 0.0555. The lowest BCUT2D eigenvalue weighted by Crippen LogP contribution is -2.59. The van der Waals surface area contributed by atoms with Crippen molar-refractivity contribution in [1.29, 1.82) is 0 Å². The van der Waals surface area contributed by atoms with Gasteiger partial charge in [-0.15, -0.1) is 0 Å². The first kappa shape index (κ1) is 94.0. The van der Waals surface area contributed by atoms with Crippen LogP contribution in [0, 0.1) is 41.4 Å². The number of carbonyl (C=O) groups excluding carboxylic acids is 11. The number of rotatable bonds is 21. The maximum atomic E-state index is 16.7. The molecule has 4 saturated carbocycles. The molecular formula is C91H113Cl2N7O25. The van der Waals surface area contributed by atoms with E-state index in [1.807, 2.05) is 6.92 Å². The van der Waals surface area contributed by atoms with Gasteiger partial charge in [-0.3, -0.25) is 53.4 Å². The number of benzene rings is 5. The molecule has 0 unspecified atom stereocenters. The van der Waals surface area contributed by atoms with Gasteiger partial charge in [-0.25, -0.2) is 9.59 Å². The molecule has 32 nitrogen and oxygen atoms in total. The highest BCUT2D eigenvalue weighted by molar-refractivity contribution is 6.32. The van der Waals surface area contributed by atoms with Crippen molar-refractivity contribution < 1.29 is 122 Å². The molecule has 5 aromatic rings. The van der Waals surface area contributed by atoms with Gasteiger partial charge in [0, 0.05) is 62.9 Å². The van der Waals surface area contributed by atoms with Crippen LogP contribution in [0.25, 0.3) is 11.1 Å². The molecule has 5 fully saturated rings. The fraction of sp³-hybridized carbons (Fsp3) is 0.549. The number of aromatic hydroxyl groups is 3. The SMILES string of the molecule is CCCCCCCNC(=O)NC(=O)C[C@@H]1CC(=O)[C@H](NC(=O)[C@@H](CC(C)C)N(C)C(=O)OC(C)(C)C)[C@H](O)c2ccc(c(Cl)c2)Oc2cc3cc(c2O[C@@H]2O[C@H](CCC(=O)OC(C)(C)C)[C@@H](O)[C@H](O)[C@H]2O)Oc2ccc(cc2Cl)[C@@H](O)[C@@H]2NC(=O)[C@H](CC(=O)[C@@H]3NC1=O)c1ccc(O)c(c1)-c1c(O)cc(O)cc1[C@@H](C(=O)CC1C3CC4CC(C3)CC1C4)NC2=O. The number of ketones is 3. The van der Waals surface area contributed by atoms with Crippen LogP contribution < -0.4 is 46.1 Å². The number of unbranched alkanes of at least 4 members (excludes halogenated alkanes) is 4. The molecule has 8 amide bonds. The Morgan fingerprint density at radius 2 is 1.25 bits per heavy atom. The minimum atomic E-state index is -2.27. The summed E-state index contributed by atoms with van der Waals surface area (Å²) in [6.07, 6.45) is -10.6. The third-order valence-electron chi connectivity index (χ3n) is 24.4. The number of likely N-dealkylation sites (N-methyl/N-ethyl adjacent to an activating group) is 1. The number of aliphatic hydroxyl groups excluding tert-OH is 5. The Morgan fingerprint density at radius 3 is 1.86 bits per heavy atom. The van der Waals surface area contributed by atoms with Crippen molar-refractivity contribution in [2.75, 3.05) is 13.6 Å². The van der Waals surface area contributed by atoms with Crippen LogP contribution in [0.2, 0.25) is 10.0 Å². The quantitative estimate of drug-likeness (QED) is 0.0240. The van der Waals surface area contributed by atoms with Crippen molar-refractivity contribution in [1.82, 2.24) is 36.8 Å². The molecule has 0 aromatic heterocycles. The molecule has 4 aliphatic carbocycles. The van der Waals surface area contributed by atoms with E-state index >= 15 is 33.6 Å². The summed E-state index contributed by atoms with van der Waals surface area (Å²) in [6.45, 7) is 15.3. The van der Waals surface area contributed by atoms with E-state index in [1.165, 1.54) is 43.4 Å². The summed E-state index contributed by atoms with van der Waals surface area (Å²) in [4.78, 5) is 168. The Kier molecular flexibility index (Phi) is 29.6. The van der Waals surface area contributed by atoms with E-state index in [4.69, 9.17) is 51.6 Å². The van der Waals surface area contributed by atoms with Gasteiger partial charge >= 0.3 is 18.1 Å². The van der Waals surface area contributed by atoms with E-state index < -0.39 is 227 Å². The van der Waals surface area contributed by atoms with E-state index in [9.17, 15) is 60.0 Å². The van der Waals surface area contributed by atoms with E-state index in [2.05, 4.69) is 31.9 Å². The second-order valence-electron chi connectivity index (χ2n) is 36.7. The minimum Gasteiger partial charge on any atom is -0.508 e. The van der Waals surface area contributed by atoms with Gasteiger partial charge in [0.05, 0.1) is 28.0 Å². The second-order valence-corrected chi connectivity index (χ2v) is 37.5. The van der Waals surface area contributed by atoms with Gasteiger partial charge in [-0.1, -0.05) is 87.9 Å². The smallest absolute Gasteiger partial charge is 0.410 e. The average molecular weight is 1780 g/mol. The molecule has 10 aliphatic rings. The number of nitrogens with zero attached hydrogens (tertiary/aromatic N) is 1. The number of hydrogen-bond acceptors (Lipinski definition) is 25. The number of halogens is 2. The highest BCUT2D eigenvalue weighted by Crippen LogP contribution is 2.58. The predicted molar refractivity (Wildman–Crippen MR) is 452 cm³/mol. The number of phenolic OH excluding ortho intramolecular Hbond substituents is 3. The Hall–Kier alpha value is -10.2. The zero-order valence-corrected chi connectivity index (χ0v) is 73.0. The van der Waals surface area contributed by atoms with Crippen molar-refractivity contribution in [3.8, 4) is 57.1 Å². The molecule has 676 valence electrons. The van der Waals surface area contributed by atoms with Crippen LogP contribution in [-0.2, 0) is 57.4 Å². The molecule has 125 heavy (non-hydrogen) atoms. The van der Waals surface area contributed by atoms with E-state index in [0.717, 1.165) is 105 Å². The average Bonchev–Trinajstić information content (AvgIpc) is 0.766. The zero-order chi connectivity index (χ0) is 90.7. The molecule has 14 atom stereocenters. The van der Waals surface area contributed by atoms with E-state index in [1.54, 1.807) is 55.4 Å². The maximum Gasteiger partial charge on any atom is 0.410 e. The molecule has 1 saturated heterocycles. The Labute approximate surface area is 733 Å². The van der Waals surface area contributed by atoms with Crippen molar-refractivity contribution in [3.63, 3.8) is 0 Å². The first-order valence-corrected chi connectivity index (χ1v) is 43.5. The summed E-state index contributed by atoms with van der Waals surface area (Å²) < 4.78 is 37.5. The van der Waals surface area contributed by atoms with Crippen LogP contribution >= 0.6 is 23.2 Å². The van der Waals surface area contributed by atoms with Crippen molar-refractivity contribution in [2.24, 2.45) is 41.4 Å². The van der Waals surface area contributed by atoms with Gasteiger partial charge in [0.1, 0.15) is 101 Å². The monoisotopic (exact) mass is 1770 g/mol. The van der Waals surface area contributed by atoms with Crippen LogP contribution in [0.3, 0.4) is 0 Å².